The Balaban J connectivity index is 1.72. The molecule has 0 saturated heterocycles. The van der Waals surface area contributed by atoms with Crippen LogP contribution < -0.4 is 20.3 Å². The summed E-state index contributed by atoms with van der Waals surface area (Å²) in [5, 5.41) is 2.16. The summed E-state index contributed by atoms with van der Waals surface area (Å²) in [6.07, 6.45) is -1.95. The number of amides is 1. The van der Waals surface area contributed by atoms with Crippen molar-refractivity contribution in [1.29, 1.82) is 0 Å². The molecule has 10 nitrogen and oxygen atoms in total. The number of anilines is 1. The maximum atomic E-state index is 13.2. The molecule has 0 spiro atoms. The molecule has 0 radical (unpaired) electrons. The largest absolute Gasteiger partial charge is 0.480 e. The summed E-state index contributed by atoms with van der Waals surface area (Å²) < 4.78 is 73.9. The maximum absolute atomic E-state index is 13.2. The molecule has 0 fully saturated rings. The number of rotatable bonds is 8. The number of methoxy groups -OCH3 is 1. The number of carbonyl (C=O) groups excluding carboxylic acids is 1. The van der Waals surface area contributed by atoms with Gasteiger partial charge in [-0.2, -0.15) is 13.2 Å². The molecule has 2 aromatic carbocycles. The molecule has 41 heavy (non-hydrogen) atoms. The van der Waals surface area contributed by atoms with E-state index in [4.69, 9.17) is 16.3 Å². The predicted molar refractivity (Wildman–Crippen MR) is 146 cm³/mol. The van der Waals surface area contributed by atoms with E-state index < -0.39 is 37.6 Å². The number of ether oxygens (including phenoxy) is 1. The topological polar surface area (TPSA) is 132 Å². The Morgan fingerprint density at radius 3 is 2.49 bits per heavy atom. The Kier molecular flexibility index (Phi) is 8.27. The first kappa shape index (κ1) is 29.8. The van der Waals surface area contributed by atoms with Crippen LogP contribution in [0.15, 0.2) is 64.7 Å². The van der Waals surface area contributed by atoms with Crippen LogP contribution in [0.2, 0.25) is 5.02 Å². The first-order chi connectivity index (χ1) is 19.2. The summed E-state index contributed by atoms with van der Waals surface area (Å²) in [5.74, 6) is -0.837. The Labute approximate surface area is 237 Å². The maximum Gasteiger partial charge on any atom is 0.416 e. The van der Waals surface area contributed by atoms with E-state index in [1.165, 1.54) is 37.3 Å². The second-order valence-corrected chi connectivity index (χ2v) is 11.0. The molecule has 0 bridgehead atoms. The van der Waals surface area contributed by atoms with E-state index in [0.29, 0.717) is 28.8 Å². The van der Waals surface area contributed by atoms with Crippen molar-refractivity contribution in [3.05, 3.63) is 75.9 Å². The van der Waals surface area contributed by atoms with Crippen LogP contribution in [-0.2, 0) is 27.5 Å². The fraction of sp³-hybridized carbons (Fsp3) is 0.231. The van der Waals surface area contributed by atoms with Gasteiger partial charge in [-0.05, 0) is 42.0 Å². The number of alkyl halides is 3. The molecule has 0 saturated carbocycles. The number of hydrogen-bond acceptors (Lipinski definition) is 7. The summed E-state index contributed by atoms with van der Waals surface area (Å²) >= 11 is 5.90. The van der Waals surface area contributed by atoms with Crippen molar-refractivity contribution in [2.75, 3.05) is 18.9 Å². The zero-order valence-electron chi connectivity index (χ0n) is 21.8. The molecule has 216 valence electrons. The van der Waals surface area contributed by atoms with Gasteiger partial charge in [-0.3, -0.25) is 18.9 Å². The van der Waals surface area contributed by atoms with E-state index in [2.05, 4.69) is 20.0 Å². The SMILES string of the molecule is CNC(=O)[C@H](C)Cn1cnc2ccc(-c3cnc(OC)c(NS(=O)(=O)c4ccc(C(F)(F)F)cc4Cl)c3)cc2c1=O. The van der Waals surface area contributed by atoms with Crippen molar-refractivity contribution < 1.29 is 31.1 Å². The van der Waals surface area contributed by atoms with E-state index >= 15 is 0 Å². The number of halogens is 4. The second kappa shape index (κ2) is 11.4. The molecular formula is C26H23ClF3N5O5S. The summed E-state index contributed by atoms with van der Waals surface area (Å²) in [6.45, 7) is 1.78. The summed E-state index contributed by atoms with van der Waals surface area (Å²) in [7, 11) is -1.71. The van der Waals surface area contributed by atoms with Gasteiger partial charge in [-0.25, -0.2) is 18.4 Å². The minimum absolute atomic E-state index is 0.105. The minimum Gasteiger partial charge on any atom is -0.480 e. The van der Waals surface area contributed by atoms with Crippen LogP contribution in [-0.4, -0.2) is 43.0 Å². The van der Waals surface area contributed by atoms with Crippen LogP contribution in [0.5, 0.6) is 5.88 Å². The van der Waals surface area contributed by atoms with Crippen molar-refractivity contribution in [3.8, 4) is 17.0 Å². The number of aromatic nitrogens is 3. The third kappa shape index (κ3) is 6.28. The van der Waals surface area contributed by atoms with E-state index in [9.17, 15) is 31.2 Å². The van der Waals surface area contributed by atoms with Crippen molar-refractivity contribution in [2.24, 2.45) is 5.92 Å². The number of hydrogen-bond donors (Lipinski definition) is 2. The van der Waals surface area contributed by atoms with Crippen LogP contribution in [0, 0.1) is 5.92 Å². The molecule has 0 aliphatic rings. The van der Waals surface area contributed by atoms with Gasteiger partial charge in [-0.15, -0.1) is 0 Å². The molecule has 2 N–H and O–H groups in total. The zero-order chi connectivity index (χ0) is 30.1. The van der Waals surface area contributed by atoms with E-state index in [0.717, 1.165) is 6.07 Å². The quantitative estimate of drug-likeness (QED) is 0.304. The first-order valence-electron chi connectivity index (χ1n) is 11.9. The van der Waals surface area contributed by atoms with Gasteiger partial charge in [0.1, 0.15) is 10.6 Å². The van der Waals surface area contributed by atoms with Gasteiger partial charge >= 0.3 is 6.18 Å². The molecule has 15 heteroatoms. The van der Waals surface area contributed by atoms with Gasteiger partial charge in [0, 0.05) is 25.4 Å². The lowest BCUT2D eigenvalue weighted by atomic mass is 10.0. The molecule has 2 heterocycles. The highest BCUT2D eigenvalue weighted by Crippen LogP contribution is 2.35. The molecular weight excluding hydrogens is 587 g/mol. The smallest absolute Gasteiger partial charge is 0.416 e. The van der Waals surface area contributed by atoms with Crippen molar-refractivity contribution >= 4 is 44.1 Å². The highest BCUT2D eigenvalue weighted by molar-refractivity contribution is 7.92. The zero-order valence-corrected chi connectivity index (χ0v) is 23.4. The number of benzene rings is 2. The summed E-state index contributed by atoms with van der Waals surface area (Å²) in [6, 6.07) is 8.09. The molecule has 0 aliphatic heterocycles. The molecule has 4 rings (SSSR count). The summed E-state index contributed by atoms with van der Waals surface area (Å²) in [4.78, 5) is 32.9. The number of nitrogens with one attached hydrogen (secondary N) is 2. The number of sulfonamides is 1. The Bertz CT molecular complexity index is 1810. The fourth-order valence-electron chi connectivity index (χ4n) is 4.03. The standard InChI is InChI=1S/C26H23ClF3N5O5S/c1-14(23(36)31-2)12-35-13-33-20-6-4-15(8-18(20)25(35)37)16-9-21(24(40-3)32-11-16)34-41(38,39)22-7-5-17(10-19(22)27)26(28,29)30/h4-11,13-14,34H,12H2,1-3H3,(H,31,36)/t14-/m1/s1. The fourth-order valence-corrected chi connectivity index (χ4v) is 5.63. The lowest BCUT2D eigenvalue weighted by molar-refractivity contribution is -0.137. The van der Waals surface area contributed by atoms with E-state index in [1.807, 2.05) is 0 Å². The van der Waals surface area contributed by atoms with Gasteiger partial charge < -0.3 is 10.1 Å². The summed E-state index contributed by atoms with van der Waals surface area (Å²) in [5.41, 5.74) is -0.331. The van der Waals surface area contributed by atoms with Crippen LogP contribution in [0.3, 0.4) is 0 Å². The monoisotopic (exact) mass is 609 g/mol. The van der Waals surface area contributed by atoms with Gasteiger partial charge in [0.15, 0.2) is 0 Å². The van der Waals surface area contributed by atoms with E-state index in [-0.39, 0.29) is 35.0 Å². The second-order valence-electron chi connectivity index (χ2n) is 8.98. The highest BCUT2D eigenvalue weighted by atomic mass is 35.5. The Morgan fingerprint density at radius 2 is 1.85 bits per heavy atom. The van der Waals surface area contributed by atoms with Crippen molar-refractivity contribution in [2.45, 2.75) is 24.5 Å². The van der Waals surface area contributed by atoms with Gasteiger partial charge in [0.25, 0.3) is 15.6 Å². The third-order valence-corrected chi connectivity index (χ3v) is 8.01. The van der Waals surface area contributed by atoms with Crippen LogP contribution in [0.4, 0.5) is 18.9 Å². The number of carbonyl (C=O) groups is 1. The Hall–Kier alpha value is -4.17. The van der Waals surface area contributed by atoms with Crippen molar-refractivity contribution in [3.63, 3.8) is 0 Å². The van der Waals surface area contributed by atoms with Crippen LogP contribution in [0.25, 0.3) is 22.0 Å². The lowest BCUT2D eigenvalue weighted by Gasteiger charge is -2.15. The molecule has 1 amide bonds. The van der Waals surface area contributed by atoms with Gasteiger partial charge in [-0.1, -0.05) is 24.6 Å². The predicted octanol–water partition coefficient (Wildman–Crippen LogP) is 4.32. The highest BCUT2D eigenvalue weighted by Gasteiger charge is 2.32. The third-order valence-electron chi connectivity index (χ3n) is 6.16. The van der Waals surface area contributed by atoms with E-state index in [1.54, 1.807) is 25.1 Å². The van der Waals surface area contributed by atoms with Gasteiger partial charge in [0.2, 0.25) is 11.8 Å². The minimum atomic E-state index is -4.71. The first-order valence-corrected chi connectivity index (χ1v) is 13.8. The number of nitrogens with zero attached hydrogens (tertiary/aromatic N) is 3. The molecule has 0 aliphatic carbocycles. The van der Waals surface area contributed by atoms with Crippen LogP contribution in [0.1, 0.15) is 12.5 Å². The molecule has 4 aromatic rings. The molecule has 2 aromatic heterocycles. The molecule has 1 atom stereocenters. The number of pyridine rings is 1. The average molecular weight is 610 g/mol. The Morgan fingerprint density at radius 1 is 1.12 bits per heavy atom. The van der Waals surface area contributed by atoms with Crippen molar-refractivity contribution in [1.82, 2.24) is 19.9 Å². The normalized spacial score (nSPS) is 12.7. The molecule has 0 unspecified atom stereocenters. The lowest BCUT2D eigenvalue weighted by Crippen LogP contribution is -2.32. The van der Waals surface area contributed by atoms with Gasteiger partial charge in [0.05, 0.1) is 40.8 Å². The number of fused-ring (bicyclic) bond motifs is 1. The van der Waals surface area contributed by atoms with Crippen LogP contribution >= 0.6 is 11.6 Å². The average Bonchev–Trinajstić information content (AvgIpc) is 2.93.